The van der Waals surface area contributed by atoms with E-state index in [-0.39, 0.29) is 11.8 Å². The summed E-state index contributed by atoms with van der Waals surface area (Å²) in [6.45, 7) is 2.13. The number of anilines is 1. The van der Waals surface area contributed by atoms with Crippen LogP contribution in [0.5, 0.6) is 0 Å². The molecule has 1 rings (SSSR count). The van der Waals surface area contributed by atoms with Crippen LogP contribution in [-0.2, 0) is 0 Å². The number of pyridine rings is 1. The number of hydrogen-bond acceptors (Lipinski definition) is 2. The smallest absolute Gasteiger partial charge is 0.325 e. The largest absolute Gasteiger partial charge is 0.330 e. The molecule has 0 aliphatic carbocycles. The van der Waals surface area contributed by atoms with Crippen LogP contribution in [-0.4, -0.2) is 36.6 Å². The molecule has 0 spiro atoms. The maximum absolute atomic E-state index is 13.6. The molecule has 1 heterocycles. The maximum Gasteiger partial charge on any atom is 0.325 e. The van der Waals surface area contributed by atoms with E-state index in [4.69, 9.17) is 0 Å². The van der Waals surface area contributed by atoms with Crippen molar-refractivity contribution in [2.24, 2.45) is 0 Å². The molecule has 6 heteroatoms. The van der Waals surface area contributed by atoms with Crippen molar-refractivity contribution < 1.29 is 9.18 Å². The first kappa shape index (κ1) is 12.9. The Morgan fingerprint density at radius 1 is 1.56 bits per heavy atom. The van der Waals surface area contributed by atoms with E-state index in [0.29, 0.717) is 11.0 Å². The molecule has 1 aromatic rings. The second-order valence-corrected chi connectivity index (χ2v) is 4.30. The van der Waals surface area contributed by atoms with Crippen molar-refractivity contribution in [3.63, 3.8) is 0 Å². The van der Waals surface area contributed by atoms with Crippen LogP contribution in [0.25, 0.3) is 0 Å². The first-order valence-corrected chi connectivity index (χ1v) is 5.56. The molecule has 1 aromatic heterocycles. The number of amides is 2. The van der Waals surface area contributed by atoms with E-state index in [9.17, 15) is 9.18 Å². The predicted molar refractivity (Wildman–Crippen MR) is 64.0 cm³/mol. The molecule has 0 saturated carbocycles. The summed E-state index contributed by atoms with van der Waals surface area (Å²) in [4.78, 5) is 18.3. The number of carbonyl (C=O) groups is 1. The van der Waals surface area contributed by atoms with Gasteiger partial charge in [0.1, 0.15) is 0 Å². The predicted octanol–water partition coefficient (Wildman–Crippen LogP) is 2.49. The number of hydrogen-bond donors (Lipinski definition) is 0. The molecule has 0 N–H and O–H groups in total. The molecule has 0 unspecified atom stereocenters. The lowest BCUT2D eigenvalue weighted by molar-refractivity contribution is 0.223. The van der Waals surface area contributed by atoms with Gasteiger partial charge in [0.05, 0.1) is 0 Å². The lowest BCUT2D eigenvalue weighted by atomic mass is 10.4. The highest BCUT2D eigenvalue weighted by Gasteiger charge is 2.20. The topological polar surface area (TPSA) is 36.4 Å². The van der Waals surface area contributed by atoms with E-state index < -0.39 is 5.82 Å². The normalized spacial score (nSPS) is 10.1. The van der Waals surface area contributed by atoms with Crippen LogP contribution in [0.15, 0.2) is 16.7 Å². The first-order chi connectivity index (χ1) is 7.47. The van der Waals surface area contributed by atoms with Crippen LogP contribution in [0.2, 0.25) is 0 Å². The molecule has 0 saturated heterocycles. The van der Waals surface area contributed by atoms with Crippen molar-refractivity contribution in [2.45, 2.75) is 6.92 Å². The molecule has 0 fully saturated rings. The minimum absolute atomic E-state index is 0.0457. The minimum Gasteiger partial charge on any atom is -0.330 e. The number of nitrogens with zero attached hydrogens (tertiary/aromatic N) is 3. The van der Waals surface area contributed by atoms with Gasteiger partial charge in [-0.15, -0.1) is 0 Å². The van der Waals surface area contributed by atoms with Gasteiger partial charge < -0.3 is 4.90 Å². The first-order valence-electron chi connectivity index (χ1n) is 4.77. The van der Waals surface area contributed by atoms with Gasteiger partial charge in [-0.25, -0.2) is 14.2 Å². The SMILES string of the molecule is CCN(C(=O)N(C)C)c1ncc(Br)cc1F. The highest BCUT2D eigenvalue weighted by atomic mass is 79.9. The van der Waals surface area contributed by atoms with Crippen molar-refractivity contribution in [3.05, 3.63) is 22.6 Å². The Labute approximate surface area is 102 Å². The van der Waals surface area contributed by atoms with E-state index in [1.54, 1.807) is 21.0 Å². The summed E-state index contributed by atoms with van der Waals surface area (Å²) < 4.78 is 14.1. The van der Waals surface area contributed by atoms with Crippen LogP contribution in [0.3, 0.4) is 0 Å². The Morgan fingerprint density at radius 3 is 2.62 bits per heavy atom. The third-order valence-electron chi connectivity index (χ3n) is 1.97. The molecule has 0 atom stereocenters. The standard InChI is InChI=1S/C10H13BrFN3O/c1-4-15(10(16)14(2)3)9-8(12)5-7(11)6-13-9/h5-6H,4H2,1-3H3. The summed E-state index contributed by atoms with van der Waals surface area (Å²) in [5, 5.41) is 0. The van der Waals surface area contributed by atoms with Gasteiger partial charge in [0.2, 0.25) is 0 Å². The van der Waals surface area contributed by atoms with Gasteiger partial charge in [0.25, 0.3) is 0 Å². The van der Waals surface area contributed by atoms with Gasteiger partial charge in [0.15, 0.2) is 11.6 Å². The van der Waals surface area contributed by atoms with Crippen molar-refractivity contribution in [1.29, 1.82) is 0 Å². The van der Waals surface area contributed by atoms with E-state index in [2.05, 4.69) is 20.9 Å². The molecular formula is C10H13BrFN3O. The second-order valence-electron chi connectivity index (χ2n) is 3.38. The average Bonchev–Trinajstić information content (AvgIpc) is 2.21. The molecule has 0 radical (unpaired) electrons. The second kappa shape index (κ2) is 5.25. The Bertz CT molecular complexity index is 398. The molecule has 4 nitrogen and oxygen atoms in total. The molecular weight excluding hydrogens is 277 g/mol. The molecule has 0 aromatic carbocycles. The van der Waals surface area contributed by atoms with Gasteiger partial charge in [0, 0.05) is 31.3 Å². The summed E-state index contributed by atoms with van der Waals surface area (Å²) in [6.07, 6.45) is 1.46. The summed E-state index contributed by atoms with van der Waals surface area (Å²) in [6, 6.07) is 0.990. The third kappa shape index (κ3) is 2.69. The zero-order valence-corrected chi connectivity index (χ0v) is 11.0. The summed E-state index contributed by atoms with van der Waals surface area (Å²) in [5.41, 5.74) is 0. The average molecular weight is 290 g/mol. The van der Waals surface area contributed by atoms with Crippen molar-refractivity contribution >= 4 is 27.8 Å². The highest BCUT2D eigenvalue weighted by Crippen LogP contribution is 2.20. The van der Waals surface area contributed by atoms with Crippen LogP contribution in [0.1, 0.15) is 6.92 Å². The van der Waals surface area contributed by atoms with Crippen LogP contribution in [0, 0.1) is 5.82 Å². The highest BCUT2D eigenvalue weighted by molar-refractivity contribution is 9.10. The fourth-order valence-corrected chi connectivity index (χ4v) is 1.53. The van der Waals surface area contributed by atoms with Gasteiger partial charge in [-0.2, -0.15) is 0 Å². The molecule has 16 heavy (non-hydrogen) atoms. The van der Waals surface area contributed by atoms with Crippen LogP contribution < -0.4 is 4.90 Å². The van der Waals surface area contributed by atoms with E-state index in [0.717, 1.165) is 0 Å². The fraction of sp³-hybridized carbons (Fsp3) is 0.400. The van der Waals surface area contributed by atoms with Gasteiger partial charge in [-0.1, -0.05) is 0 Å². The van der Waals surface area contributed by atoms with Crippen molar-refractivity contribution in [1.82, 2.24) is 9.88 Å². The van der Waals surface area contributed by atoms with E-state index in [1.165, 1.54) is 22.1 Å². The van der Waals surface area contributed by atoms with Gasteiger partial charge in [-0.05, 0) is 28.9 Å². The molecule has 0 aliphatic heterocycles. The zero-order valence-electron chi connectivity index (χ0n) is 9.37. The van der Waals surface area contributed by atoms with Crippen LogP contribution >= 0.6 is 15.9 Å². The number of carbonyl (C=O) groups excluding carboxylic acids is 1. The van der Waals surface area contributed by atoms with Gasteiger partial charge in [-0.3, -0.25) is 4.90 Å². The quantitative estimate of drug-likeness (QED) is 0.839. The summed E-state index contributed by atoms with van der Waals surface area (Å²) in [5.74, 6) is -0.476. The number of halogens is 2. The molecule has 0 aliphatic rings. The summed E-state index contributed by atoms with van der Waals surface area (Å²) >= 11 is 3.12. The minimum atomic E-state index is -0.522. The molecule has 0 bridgehead atoms. The number of aromatic nitrogens is 1. The lowest BCUT2D eigenvalue weighted by Crippen LogP contribution is -2.40. The Hall–Kier alpha value is -1.17. The van der Waals surface area contributed by atoms with Gasteiger partial charge >= 0.3 is 6.03 Å². The van der Waals surface area contributed by atoms with E-state index in [1.807, 2.05) is 0 Å². The third-order valence-corrected chi connectivity index (χ3v) is 2.41. The van der Waals surface area contributed by atoms with Crippen molar-refractivity contribution in [2.75, 3.05) is 25.5 Å². The monoisotopic (exact) mass is 289 g/mol. The van der Waals surface area contributed by atoms with Crippen molar-refractivity contribution in [3.8, 4) is 0 Å². The molecule has 2 amide bonds. The van der Waals surface area contributed by atoms with E-state index >= 15 is 0 Å². The Kier molecular flexibility index (Phi) is 4.23. The maximum atomic E-state index is 13.6. The molecule has 88 valence electrons. The summed E-state index contributed by atoms with van der Waals surface area (Å²) in [7, 11) is 3.23. The Balaban J connectivity index is 3.09. The zero-order chi connectivity index (χ0) is 12.3. The van der Waals surface area contributed by atoms with Crippen LogP contribution in [0.4, 0.5) is 15.0 Å². The fourth-order valence-electron chi connectivity index (χ4n) is 1.22. The number of urea groups is 1. The lowest BCUT2D eigenvalue weighted by Gasteiger charge is -2.24. The Morgan fingerprint density at radius 2 is 2.19 bits per heavy atom. The number of rotatable bonds is 2.